The van der Waals surface area contributed by atoms with E-state index in [1.165, 1.54) is 12.1 Å². The van der Waals surface area contributed by atoms with E-state index in [4.69, 9.17) is 27.9 Å². The number of amides is 2. The molecule has 2 N–H and O–H groups in total. The lowest BCUT2D eigenvalue weighted by atomic mass is 10.3. The summed E-state index contributed by atoms with van der Waals surface area (Å²) in [6.45, 7) is 1.06. The SMILES string of the molecule is COCCNC(=O)CCNC(=O)c1nc(Cl)ccc1Cl. The normalized spacial score (nSPS) is 10.2. The molecule has 0 aliphatic rings. The number of carbonyl (C=O) groups excluding carboxylic acids is 2. The fraction of sp³-hybridized carbons (Fsp3) is 0.417. The molecular weight excluding hydrogens is 305 g/mol. The van der Waals surface area contributed by atoms with Crippen molar-refractivity contribution in [3.63, 3.8) is 0 Å². The molecule has 0 bridgehead atoms. The number of nitrogens with one attached hydrogen (secondary N) is 2. The highest BCUT2D eigenvalue weighted by molar-refractivity contribution is 6.34. The smallest absolute Gasteiger partial charge is 0.271 e. The zero-order valence-corrected chi connectivity index (χ0v) is 12.4. The van der Waals surface area contributed by atoms with Crippen molar-refractivity contribution in [1.82, 2.24) is 15.6 Å². The van der Waals surface area contributed by atoms with Gasteiger partial charge in [-0.2, -0.15) is 0 Å². The highest BCUT2D eigenvalue weighted by Crippen LogP contribution is 2.16. The molecule has 110 valence electrons. The Kier molecular flexibility index (Phi) is 7.28. The van der Waals surface area contributed by atoms with Crippen molar-refractivity contribution >= 4 is 35.0 Å². The second-order valence-electron chi connectivity index (χ2n) is 3.81. The minimum atomic E-state index is -0.470. The summed E-state index contributed by atoms with van der Waals surface area (Å²) < 4.78 is 4.80. The molecule has 0 saturated carbocycles. The van der Waals surface area contributed by atoms with Crippen LogP contribution in [0.25, 0.3) is 0 Å². The number of nitrogens with zero attached hydrogens (tertiary/aromatic N) is 1. The molecule has 0 spiro atoms. The van der Waals surface area contributed by atoms with Crippen LogP contribution in [-0.2, 0) is 9.53 Å². The van der Waals surface area contributed by atoms with E-state index in [-0.39, 0.29) is 34.7 Å². The molecule has 1 rings (SSSR count). The van der Waals surface area contributed by atoms with Crippen molar-refractivity contribution in [1.29, 1.82) is 0 Å². The van der Waals surface area contributed by atoms with E-state index in [1.807, 2.05) is 0 Å². The minimum Gasteiger partial charge on any atom is -0.383 e. The highest BCUT2D eigenvalue weighted by Gasteiger charge is 2.12. The fourth-order valence-electron chi connectivity index (χ4n) is 1.33. The zero-order valence-electron chi connectivity index (χ0n) is 10.9. The number of rotatable bonds is 7. The lowest BCUT2D eigenvalue weighted by Gasteiger charge is -2.07. The molecule has 2 amide bonds. The Bertz CT molecular complexity index is 483. The fourth-order valence-corrected chi connectivity index (χ4v) is 1.67. The van der Waals surface area contributed by atoms with Crippen LogP contribution in [-0.4, -0.2) is 43.6 Å². The molecule has 0 aromatic carbocycles. The first-order chi connectivity index (χ1) is 9.54. The van der Waals surface area contributed by atoms with Crippen molar-refractivity contribution in [2.75, 3.05) is 26.8 Å². The van der Waals surface area contributed by atoms with E-state index in [2.05, 4.69) is 15.6 Å². The number of ether oxygens (including phenoxy) is 1. The first-order valence-corrected chi connectivity index (χ1v) is 6.66. The van der Waals surface area contributed by atoms with E-state index in [0.29, 0.717) is 13.2 Å². The van der Waals surface area contributed by atoms with Crippen LogP contribution in [0, 0.1) is 0 Å². The van der Waals surface area contributed by atoms with Gasteiger partial charge in [-0.25, -0.2) is 4.98 Å². The number of carbonyl (C=O) groups is 2. The van der Waals surface area contributed by atoms with Gasteiger partial charge in [0.2, 0.25) is 5.91 Å². The molecule has 6 nitrogen and oxygen atoms in total. The Balaban J connectivity index is 2.36. The van der Waals surface area contributed by atoms with E-state index in [9.17, 15) is 9.59 Å². The molecular formula is C12H15Cl2N3O3. The largest absolute Gasteiger partial charge is 0.383 e. The summed E-state index contributed by atoms with van der Waals surface area (Å²) in [5.74, 6) is -0.644. The van der Waals surface area contributed by atoms with Crippen LogP contribution in [0.5, 0.6) is 0 Å². The molecule has 0 saturated heterocycles. The van der Waals surface area contributed by atoms with Crippen LogP contribution in [0.15, 0.2) is 12.1 Å². The molecule has 0 unspecified atom stereocenters. The van der Waals surface area contributed by atoms with E-state index < -0.39 is 5.91 Å². The molecule has 0 aliphatic carbocycles. The van der Waals surface area contributed by atoms with Crippen LogP contribution in [0.4, 0.5) is 0 Å². The standard InChI is InChI=1S/C12H15Cl2N3O3/c1-20-7-6-15-10(18)4-5-16-12(19)11-8(13)2-3-9(14)17-11/h2-3H,4-7H2,1H3,(H,15,18)(H,16,19). The van der Waals surface area contributed by atoms with Crippen molar-refractivity contribution in [3.05, 3.63) is 28.0 Å². The van der Waals surface area contributed by atoms with Gasteiger partial charge >= 0.3 is 0 Å². The molecule has 0 aliphatic heterocycles. The van der Waals surface area contributed by atoms with Gasteiger partial charge in [-0.3, -0.25) is 9.59 Å². The monoisotopic (exact) mass is 319 g/mol. The number of methoxy groups -OCH3 is 1. The quantitative estimate of drug-likeness (QED) is 0.586. The molecule has 0 fully saturated rings. The van der Waals surface area contributed by atoms with Crippen molar-refractivity contribution in [3.8, 4) is 0 Å². The summed E-state index contributed by atoms with van der Waals surface area (Å²) in [5.41, 5.74) is 0.0407. The second-order valence-corrected chi connectivity index (χ2v) is 4.61. The van der Waals surface area contributed by atoms with Gasteiger partial charge in [0.25, 0.3) is 5.91 Å². The van der Waals surface area contributed by atoms with E-state index >= 15 is 0 Å². The van der Waals surface area contributed by atoms with Gasteiger partial charge in [0.05, 0.1) is 11.6 Å². The van der Waals surface area contributed by atoms with Crippen molar-refractivity contribution < 1.29 is 14.3 Å². The van der Waals surface area contributed by atoms with Gasteiger partial charge in [-0.1, -0.05) is 23.2 Å². The average Bonchev–Trinajstić information content (AvgIpc) is 2.41. The van der Waals surface area contributed by atoms with Crippen LogP contribution in [0.2, 0.25) is 10.2 Å². The average molecular weight is 320 g/mol. The van der Waals surface area contributed by atoms with E-state index in [1.54, 1.807) is 7.11 Å². The summed E-state index contributed by atoms with van der Waals surface area (Å²) in [4.78, 5) is 27.0. The summed E-state index contributed by atoms with van der Waals surface area (Å²) >= 11 is 11.5. The Hall–Kier alpha value is -1.37. The molecule has 8 heteroatoms. The number of hydrogen-bond donors (Lipinski definition) is 2. The van der Waals surface area contributed by atoms with Gasteiger partial charge in [-0.05, 0) is 12.1 Å². The lowest BCUT2D eigenvalue weighted by Crippen LogP contribution is -2.32. The Morgan fingerprint density at radius 1 is 1.25 bits per heavy atom. The Labute approximate surface area is 126 Å². The molecule has 20 heavy (non-hydrogen) atoms. The Morgan fingerprint density at radius 2 is 2.00 bits per heavy atom. The summed E-state index contributed by atoms with van der Waals surface area (Å²) in [6.07, 6.45) is 0.160. The van der Waals surface area contributed by atoms with Gasteiger partial charge in [0, 0.05) is 26.6 Å². The minimum absolute atomic E-state index is 0.0407. The predicted molar refractivity (Wildman–Crippen MR) is 76.1 cm³/mol. The third-order valence-corrected chi connectivity index (χ3v) is 2.81. The van der Waals surface area contributed by atoms with Gasteiger partial charge in [0.15, 0.2) is 0 Å². The summed E-state index contributed by atoms with van der Waals surface area (Å²) in [7, 11) is 1.55. The van der Waals surface area contributed by atoms with Crippen molar-refractivity contribution in [2.45, 2.75) is 6.42 Å². The molecule has 0 radical (unpaired) electrons. The predicted octanol–water partition coefficient (Wildman–Crippen LogP) is 1.27. The van der Waals surface area contributed by atoms with Gasteiger partial charge in [0.1, 0.15) is 10.8 Å². The van der Waals surface area contributed by atoms with Crippen molar-refractivity contribution in [2.24, 2.45) is 0 Å². The molecule has 1 heterocycles. The molecule has 1 aromatic rings. The molecule has 0 atom stereocenters. The summed E-state index contributed by atoms with van der Waals surface area (Å²) in [6, 6.07) is 2.98. The van der Waals surface area contributed by atoms with Crippen LogP contribution >= 0.6 is 23.2 Å². The topological polar surface area (TPSA) is 80.3 Å². The van der Waals surface area contributed by atoms with Gasteiger partial charge in [-0.15, -0.1) is 0 Å². The zero-order chi connectivity index (χ0) is 15.0. The van der Waals surface area contributed by atoms with Crippen LogP contribution < -0.4 is 10.6 Å². The van der Waals surface area contributed by atoms with Crippen LogP contribution in [0.3, 0.4) is 0 Å². The Morgan fingerprint density at radius 3 is 2.70 bits per heavy atom. The van der Waals surface area contributed by atoms with E-state index in [0.717, 1.165) is 0 Å². The summed E-state index contributed by atoms with van der Waals surface area (Å²) in [5, 5.41) is 5.57. The maximum atomic E-state index is 11.8. The maximum absolute atomic E-state index is 11.8. The highest BCUT2D eigenvalue weighted by atomic mass is 35.5. The number of halogens is 2. The van der Waals surface area contributed by atoms with Gasteiger partial charge < -0.3 is 15.4 Å². The lowest BCUT2D eigenvalue weighted by molar-refractivity contribution is -0.121. The third kappa shape index (κ3) is 5.73. The van der Waals surface area contributed by atoms with Crippen LogP contribution in [0.1, 0.15) is 16.9 Å². The number of hydrogen-bond acceptors (Lipinski definition) is 4. The maximum Gasteiger partial charge on any atom is 0.271 e. The number of aromatic nitrogens is 1. The second kappa shape index (κ2) is 8.73. The first-order valence-electron chi connectivity index (χ1n) is 5.90. The first kappa shape index (κ1) is 16.7. The number of pyridine rings is 1. The third-order valence-electron chi connectivity index (χ3n) is 2.29. The molecule has 1 aromatic heterocycles.